The fraction of sp³-hybridized carbons (Fsp3) is 0.156. The Kier molecular flexibility index (Phi) is 6.32. The van der Waals surface area contributed by atoms with Crippen LogP contribution in [0.5, 0.6) is 0 Å². The van der Waals surface area contributed by atoms with Crippen LogP contribution in [0.1, 0.15) is 22.6 Å². The summed E-state index contributed by atoms with van der Waals surface area (Å²) >= 11 is 0. The zero-order valence-electron chi connectivity index (χ0n) is 21.4. The second kappa shape index (κ2) is 10.1. The number of benzene rings is 4. The van der Waals surface area contributed by atoms with Crippen molar-refractivity contribution in [3.63, 3.8) is 0 Å². The van der Waals surface area contributed by atoms with Crippen LogP contribution in [0, 0.1) is 0 Å². The zero-order chi connectivity index (χ0) is 26.9. The van der Waals surface area contributed by atoms with Crippen molar-refractivity contribution in [2.24, 2.45) is 7.05 Å². The highest BCUT2D eigenvalue weighted by Crippen LogP contribution is 2.44. The molecule has 0 saturated carbocycles. The van der Waals surface area contributed by atoms with Crippen molar-refractivity contribution in [2.75, 3.05) is 6.61 Å². The molecule has 0 bridgehead atoms. The summed E-state index contributed by atoms with van der Waals surface area (Å²) in [7, 11) is 1.91. The van der Waals surface area contributed by atoms with Crippen molar-refractivity contribution in [2.45, 2.75) is 18.4 Å². The molecule has 4 aromatic carbocycles. The zero-order valence-corrected chi connectivity index (χ0v) is 21.4. The molecule has 1 atom stereocenters. The number of carbonyl (C=O) groups is 2. The third kappa shape index (κ3) is 4.63. The lowest BCUT2D eigenvalue weighted by atomic mass is 9.98. The molecule has 7 nitrogen and oxygen atoms in total. The number of fused-ring (bicyclic) bond motifs is 4. The van der Waals surface area contributed by atoms with E-state index in [4.69, 9.17) is 4.74 Å². The van der Waals surface area contributed by atoms with Crippen LogP contribution >= 0.6 is 0 Å². The minimum Gasteiger partial charge on any atom is -0.480 e. The number of nitrogens with one attached hydrogen (secondary N) is 1. The Labute approximate surface area is 225 Å². The number of aromatic nitrogens is 2. The Morgan fingerprint density at radius 3 is 2.18 bits per heavy atom. The highest BCUT2D eigenvalue weighted by molar-refractivity contribution is 5.93. The normalized spacial score (nSPS) is 13.1. The van der Waals surface area contributed by atoms with Gasteiger partial charge in [-0.2, -0.15) is 5.10 Å². The van der Waals surface area contributed by atoms with E-state index in [-0.39, 0.29) is 18.9 Å². The number of carboxylic acid groups (broad SMARTS) is 1. The number of para-hydroxylation sites is 1. The van der Waals surface area contributed by atoms with Gasteiger partial charge in [0.2, 0.25) is 0 Å². The predicted molar refractivity (Wildman–Crippen MR) is 149 cm³/mol. The summed E-state index contributed by atoms with van der Waals surface area (Å²) in [5.41, 5.74) is 8.09. The Bertz CT molecular complexity index is 1640. The Morgan fingerprint density at radius 1 is 0.897 bits per heavy atom. The van der Waals surface area contributed by atoms with Gasteiger partial charge in [-0.15, -0.1) is 0 Å². The summed E-state index contributed by atoms with van der Waals surface area (Å²) in [4.78, 5) is 24.7. The van der Waals surface area contributed by atoms with Gasteiger partial charge in [0.05, 0.1) is 5.52 Å². The van der Waals surface area contributed by atoms with Gasteiger partial charge in [-0.05, 0) is 33.9 Å². The molecule has 194 valence electrons. The first-order valence-corrected chi connectivity index (χ1v) is 12.8. The average Bonchev–Trinajstić information content (AvgIpc) is 3.47. The number of ether oxygens (including phenoxy) is 1. The SMILES string of the molecule is Cn1nc(-c2ccc(C[C@H](NC(=O)OCC3c4ccccc4-c4ccccc43)C(=O)O)cc2)c2ccccc21. The van der Waals surface area contributed by atoms with E-state index in [2.05, 4.69) is 22.5 Å². The number of nitrogens with zero attached hydrogens (tertiary/aromatic N) is 2. The van der Waals surface area contributed by atoms with Crippen molar-refractivity contribution in [3.05, 3.63) is 114 Å². The van der Waals surface area contributed by atoms with E-state index < -0.39 is 18.1 Å². The monoisotopic (exact) mass is 517 g/mol. The molecule has 6 rings (SSSR count). The molecule has 0 aliphatic heterocycles. The Hall–Kier alpha value is -4.91. The second-order valence-corrected chi connectivity index (χ2v) is 9.75. The molecule has 1 amide bonds. The number of carboxylic acids is 1. The van der Waals surface area contributed by atoms with Crippen molar-refractivity contribution in [3.8, 4) is 22.4 Å². The molecule has 0 saturated heterocycles. The molecule has 1 heterocycles. The maximum atomic E-state index is 12.7. The molecule has 2 N–H and O–H groups in total. The van der Waals surface area contributed by atoms with Gasteiger partial charge in [-0.1, -0.05) is 91.0 Å². The average molecular weight is 518 g/mol. The Balaban J connectivity index is 1.12. The lowest BCUT2D eigenvalue weighted by Crippen LogP contribution is -2.42. The van der Waals surface area contributed by atoms with Crippen molar-refractivity contribution in [1.29, 1.82) is 0 Å². The lowest BCUT2D eigenvalue weighted by molar-refractivity contribution is -0.139. The number of hydrogen-bond donors (Lipinski definition) is 2. The van der Waals surface area contributed by atoms with Crippen molar-refractivity contribution >= 4 is 23.0 Å². The summed E-state index contributed by atoms with van der Waals surface area (Å²) < 4.78 is 7.40. The van der Waals surface area contributed by atoms with Crippen LogP contribution in [0.3, 0.4) is 0 Å². The van der Waals surface area contributed by atoms with Gasteiger partial charge in [0, 0.05) is 30.3 Å². The highest BCUT2D eigenvalue weighted by atomic mass is 16.5. The van der Waals surface area contributed by atoms with E-state index in [9.17, 15) is 14.7 Å². The Morgan fingerprint density at radius 2 is 1.51 bits per heavy atom. The number of alkyl carbamates (subject to hydrolysis) is 1. The predicted octanol–water partition coefficient (Wildman–Crippen LogP) is 5.77. The third-order valence-corrected chi connectivity index (χ3v) is 7.36. The maximum absolute atomic E-state index is 12.7. The molecule has 0 unspecified atom stereocenters. The van der Waals surface area contributed by atoms with Gasteiger partial charge < -0.3 is 15.2 Å². The molecule has 1 aliphatic carbocycles. The molecule has 0 spiro atoms. The highest BCUT2D eigenvalue weighted by Gasteiger charge is 2.29. The lowest BCUT2D eigenvalue weighted by Gasteiger charge is -2.17. The van der Waals surface area contributed by atoms with Crippen molar-refractivity contribution in [1.82, 2.24) is 15.1 Å². The molecule has 1 aliphatic rings. The van der Waals surface area contributed by atoms with Crippen LogP contribution in [0.25, 0.3) is 33.3 Å². The van der Waals surface area contributed by atoms with E-state index >= 15 is 0 Å². The van der Waals surface area contributed by atoms with E-state index in [1.54, 1.807) is 0 Å². The van der Waals surface area contributed by atoms with E-state index in [0.29, 0.717) is 0 Å². The first kappa shape index (κ1) is 24.4. The van der Waals surface area contributed by atoms with Crippen molar-refractivity contribution < 1.29 is 19.4 Å². The first-order chi connectivity index (χ1) is 19.0. The molecule has 7 heteroatoms. The van der Waals surface area contributed by atoms with Gasteiger partial charge in [-0.25, -0.2) is 9.59 Å². The molecule has 1 aromatic heterocycles. The van der Waals surface area contributed by atoms with Crippen LogP contribution in [0.15, 0.2) is 97.1 Å². The van der Waals surface area contributed by atoms with Crippen LogP contribution in [-0.2, 0) is 23.0 Å². The molecular weight excluding hydrogens is 490 g/mol. The number of aryl methyl sites for hydroxylation is 1. The second-order valence-electron chi connectivity index (χ2n) is 9.75. The largest absolute Gasteiger partial charge is 0.480 e. The molecule has 0 fully saturated rings. The van der Waals surface area contributed by atoms with Gasteiger partial charge in [0.15, 0.2) is 0 Å². The van der Waals surface area contributed by atoms with E-state index in [1.807, 2.05) is 96.7 Å². The minimum absolute atomic E-state index is 0.0957. The van der Waals surface area contributed by atoms with Gasteiger partial charge in [0.1, 0.15) is 18.3 Å². The summed E-state index contributed by atoms with van der Waals surface area (Å²) in [6, 6.07) is 30.6. The van der Waals surface area contributed by atoms with Gasteiger partial charge in [-0.3, -0.25) is 4.68 Å². The van der Waals surface area contributed by atoms with Crippen LogP contribution < -0.4 is 5.32 Å². The topological polar surface area (TPSA) is 93.5 Å². The molecular formula is C32H27N3O4. The smallest absolute Gasteiger partial charge is 0.407 e. The standard InChI is InChI=1S/C32H27N3O4/c1-35-29-13-7-6-12-26(29)30(34-35)21-16-14-20(15-17-21)18-28(31(36)37)33-32(38)39-19-27-24-10-4-2-8-22(24)23-9-3-5-11-25(23)27/h2-17,27-28H,18-19H2,1H3,(H,33,38)(H,36,37)/t28-/m0/s1. The van der Waals surface area contributed by atoms with Gasteiger partial charge in [0.25, 0.3) is 0 Å². The number of aliphatic carboxylic acids is 1. The number of amides is 1. The molecule has 39 heavy (non-hydrogen) atoms. The van der Waals surface area contributed by atoms with Crippen LogP contribution in [0.4, 0.5) is 4.79 Å². The maximum Gasteiger partial charge on any atom is 0.407 e. The summed E-state index contributed by atoms with van der Waals surface area (Å²) in [5.74, 6) is -1.22. The van der Waals surface area contributed by atoms with Crippen LogP contribution in [0.2, 0.25) is 0 Å². The first-order valence-electron chi connectivity index (χ1n) is 12.8. The van der Waals surface area contributed by atoms with Crippen LogP contribution in [-0.4, -0.2) is 39.6 Å². The summed E-state index contributed by atoms with van der Waals surface area (Å²) in [6.45, 7) is 0.124. The fourth-order valence-corrected chi connectivity index (χ4v) is 5.44. The molecule has 5 aromatic rings. The number of rotatable bonds is 7. The minimum atomic E-state index is -1.12. The summed E-state index contributed by atoms with van der Waals surface area (Å²) in [6.07, 6.45) is -0.621. The summed E-state index contributed by atoms with van der Waals surface area (Å²) in [5, 5.41) is 18.0. The molecule has 0 radical (unpaired) electrons. The fourth-order valence-electron chi connectivity index (χ4n) is 5.44. The van der Waals surface area contributed by atoms with E-state index in [0.717, 1.165) is 50.0 Å². The number of carbonyl (C=O) groups excluding carboxylic acids is 1. The number of hydrogen-bond acceptors (Lipinski definition) is 4. The van der Waals surface area contributed by atoms with Gasteiger partial charge >= 0.3 is 12.1 Å². The quantitative estimate of drug-likeness (QED) is 0.286. The van der Waals surface area contributed by atoms with E-state index in [1.165, 1.54) is 0 Å². The third-order valence-electron chi connectivity index (χ3n) is 7.36.